The lowest BCUT2D eigenvalue weighted by atomic mass is 10.1. The number of hydrogen-bond donors (Lipinski definition) is 1. The molecule has 0 spiro atoms. The van der Waals surface area contributed by atoms with E-state index in [0.717, 1.165) is 18.7 Å². The van der Waals surface area contributed by atoms with Gasteiger partial charge in [0.05, 0.1) is 0 Å². The van der Waals surface area contributed by atoms with Gasteiger partial charge in [0.1, 0.15) is 0 Å². The van der Waals surface area contributed by atoms with Crippen LogP contribution in [0.5, 0.6) is 0 Å². The SMILES string of the molecule is O=C(COC(=O)CCc1ccccc1)Nc1ccc(N2CCCC2)cc1. The average Bonchev–Trinajstić information content (AvgIpc) is 3.21. The molecule has 1 heterocycles. The van der Waals surface area contributed by atoms with E-state index >= 15 is 0 Å². The quantitative estimate of drug-likeness (QED) is 0.776. The Labute approximate surface area is 154 Å². The van der Waals surface area contributed by atoms with Crippen molar-refractivity contribution in [2.24, 2.45) is 0 Å². The van der Waals surface area contributed by atoms with Crippen molar-refractivity contribution in [1.29, 1.82) is 0 Å². The summed E-state index contributed by atoms with van der Waals surface area (Å²) >= 11 is 0. The van der Waals surface area contributed by atoms with Crippen molar-refractivity contribution in [2.75, 3.05) is 29.9 Å². The second-order valence-electron chi connectivity index (χ2n) is 6.44. The number of benzene rings is 2. The van der Waals surface area contributed by atoms with Crippen molar-refractivity contribution in [3.8, 4) is 0 Å². The molecule has 26 heavy (non-hydrogen) atoms. The Morgan fingerprint density at radius 1 is 0.962 bits per heavy atom. The molecule has 0 radical (unpaired) electrons. The molecule has 0 unspecified atom stereocenters. The van der Waals surface area contributed by atoms with Crippen LogP contribution in [0.1, 0.15) is 24.8 Å². The van der Waals surface area contributed by atoms with Crippen molar-refractivity contribution in [3.05, 3.63) is 60.2 Å². The maximum Gasteiger partial charge on any atom is 0.306 e. The molecule has 136 valence electrons. The van der Waals surface area contributed by atoms with Crippen LogP contribution in [0.2, 0.25) is 0 Å². The van der Waals surface area contributed by atoms with Crippen LogP contribution < -0.4 is 10.2 Å². The van der Waals surface area contributed by atoms with E-state index in [-0.39, 0.29) is 24.9 Å². The zero-order valence-electron chi connectivity index (χ0n) is 14.8. The summed E-state index contributed by atoms with van der Waals surface area (Å²) in [5.74, 6) is -0.694. The minimum atomic E-state index is -0.367. The summed E-state index contributed by atoms with van der Waals surface area (Å²) in [6.45, 7) is 1.91. The normalized spacial score (nSPS) is 13.5. The number of carbonyl (C=O) groups excluding carboxylic acids is 2. The second kappa shape index (κ2) is 9.04. The van der Waals surface area contributed by atoms with Crippen molar-refractivity contribution >= 4 is 23.3 Å². The van der Waals surface area contributed by atoms with Crippen molar-refractivity contribution in [1.82, 2.24) is 0 Å². The number of esters is 1. The van der Waals surface area contributed by atoms with Gasteiger partial charge in [0.2, 0.25) is 0 Å². The van der Waals surface area contributed by atoms with Gasteiger partial charge in [0.25, 0.3) is 5.91 Å². The minimum Gasteiger partial charge on any atom is -0.456 e. The Morgan fingerprint density at radius 3 is 2.35 bits per heavy atom. The Balaban J connectivity index is 1.38. The first-order valence-electron chi connectivity index (χ1n) is 9.05. The third-order valence-electron chi connectivity index (χ3n) is 4.45. The zero-order chi connectivity index (χ0) is 18.2. The summed E-state index contributed by atoms with van der Waals surface area (Å²) in [4.78, 5) is 26.0. The number of nitrogens with zero attached hydrogens (tertiary/aromatic N) is 1. The van der Waals surface area contributed by atoms with Crippen LogP contribution >= 0.6 is 0 Å². The molecule has 0 aromatic heterocycles. The molecule has 1 aliphatic rings. The van der Waals surface area contributed by atoms with Gasteiger partial charge >= 0.3 is 5.97 Å². The summed E-state index contributed by atoms with van der Waals surface area (Å²) in [5, 5.41) is 2.75. The number of anilines is 2. The van der Waals surface area contributed by atoms with Crippen LogP contribution in [0.15, 0.2) is 54.6 Å². The van der Waals surface area contributed by atoms with E-state index in [9.17, 15) is 9.59 Å². The summed E-state index contributed by atoms with van der Waals surface area (Å²) in [6.07, 6.45) is 3.34. The van der Waals surface area contributed by atoms with Crippen molar-refractivity contribution in [3.63, 3.8) is 0 Å². The summed E-state index contributed by atoms with van der Waals surface area (Å²) in [6, 6.07) is 17.5. The molecular weight excluding hydrogens is 328 g/mol. The van der Waals surface area contributed by atoms with Gasteiger partial charge in [-0.1, -0.05) is 30.3 Å². The van der Waals surface area contributed by atoms with Gasteiger partial charge in [-0.25, -0.2) is 0 Å². The average molecular weight is 352 g/mol. The number of amides is 1. The Kier molecular flexibility index (Phi) is 6.25. The van der Waals surface area contributed by atoms with Gasteiger partial charge in [-0.05, 0) is 49.1 Å². The van der Waals surface area contributed by atoms with Gasteiger partial charge in [-0.15, -0.1) is 0 Å². The lowest BCUT2D eigenvalue weighted by Gasteiger charge is -2.17. The van der Waals surface area contributed by atoms with E-state index < -0.39 is 0 Å². The van der Waals surface area contributed by atoms with Crippen LogP contribution in [-0.4, -0.2) is 31.6 Å². The standard InChI is InChI=1S/C21H24N2O3/c24-20(16-26-21(25)13-8-17-6-2-1-3-7-17)22-18-9-11-19(12-10-18)23-14-4-5-15-23/h1-3,6-7,9-12H,4-5,8,13-16H2,(H,22,24). The third-order valence-corrected chi connectivity index (χ3v) is 4.45. The molecule has 2 aromatic rings. The summed E-state index contributed by atoms with van der Waals surface area (Å²) in [7, 11) is 0. The highest BCUT2D eigenvalue weighted by Gasteiger charge is 2.12. The molecule has 1 amide bonds. The fourth-order valence-corrected chi connectivity index (χ4v) is 3.04. The van der Waals surface area contributed by atoms with Gasteiger partial charge in [-0.3, -0.25) is 9.59 Å². The smallest absolute Gasteiger partial charge is 0.306 e. The van der Waals surface area contributed by atoms with E-state index in [2.05, 4.69) is 10.2 Å². The topological polar surface area (TPSA) is 58.6 Å². The number of ether oxygens (including phenoxy) is 1. The van der Waals surface area contributed by atoms with Gasteiger partial charge in [0, 0.05) is 30.9 Å². The highest BCUT2D eigenvalue weighted by molar-refractivity contribution is 5.92. The molecule has 1 fully saturated rings. The lowest BCUT2D eigenvalue weighted by molar-refractivity contribution is -0.147. The molecule has 0 bridgehead atoms. The molecule has 1 aliphatic heterocycles. The van der Waals surface area contributed by atoms with Crippen LogP contribution in [-0.2, 0) is 20.7 Å². The molecule has 3 rings (SSSR count). The number of rotatable bonds is 7. The number of hydrogen-bond acceptors (Lipinski definition) is 4. The molecule has 0 saturated carbocycles. The molecule has 5 nitrogen and oxygen atoms in total. The molecule has 2 aromatic carbocycles. The van der Waals surface area contributed by atoms with Crippen LogP contribution in [0.3, 0.4) is 0 Å². The molecule has 1 N–H and O–H groups in total. The van der Waals surface area contributed by atoms with Gasteiger partial charge in [0.15, 0.2) is 6.61 Å². The fourth-order valence-electron chi connectivity index (χ4n) is 3.04. The monoisotopic (exact) mass is 352 g/mol. The van der Waals surface area contributed by atoms with Gasteiger partial charge < -0.3 is 15.0 Å². The predicted molar refractivity (Wildman–Crippen MR) is 102 cm³/mol. The second-order valence-corrected chi connectivity index (χ2v) is 6.44. The van der Waals surface area contributed by atoms with E-state index in [4.69, 9.17) is 4.74 Å². The highest BCUT2D eigenvalue weighted by atomic mass is 16.5. The zero-order valence-corrected chi connectivity index (χ0v) is 14.8. The number of carbonyl (C=O) groups is 2. The molecule has 0 aliphatic carbocycles. The van der Waals surface area contributed by atoms with Crippen LogP contribution in [0.25, 0.3) is 0 Å². The van der Waals surface area contributed by atoms with E-state index in [1.165, 1.54) is 18.5 Å². The molecular formula is C21H24N2O3. The Bertz CT molecular complexity index is 723. The molecule has 1 saturated heterocycles. The van der Waals surface area contributed by atoms with Crippen molar-refractivity contribution < 1.29 is 14.3 Å². The minimum absolute atomic E-state index is 0.262. The van der Waals surface area contributed by atoms with Crippen LogP contribution in [0, 0.1) is 0 Å². The summed E-state index contributed by atoms with van der Waals surface area (Å²) < 4.78 is 5.04. The van der Waals surface area contributed by atoms with E-state index in [1.807, 2.05) is 54.6 Å². The Hall–Kier alpha value is -2.82. The molecule has 0 atom stereocenters. The fraction of sp³-hybridized carbons (Fsp3) is 0.333. The number of nitrogens with one attached hydrogen (secondary N) is 1. The molecule has 5 heteroatoms. The predicted octanol–water partition coefficient (Wildman–Crippen LogP) is 3.40. The summed E-state index contributed by atoms with van der Waals surface area (Å²) in [5.41, 5.74) is 2.96. The van der Waals surface area contributed by atoms with E-state index in [0.29, 0.717) is 12.1 Å². The van der Waals surface area contributed by atoms with E-state index in [1.54, 1.807) is 0 Å². The van der Waals surface area contributed by atoms with Crippen LogP contribution in [0.4, 0.5) is 11.4 Å². The maximum atomic E-state index is 11.9. The first-order chi connectivity index (χ1) is 12.7. The first kappa shape index (κ1) is 18.0. The maximum absolute atomic E-state index is 11.9. The third kappa shape index (κ3) is 5.34. The first-order valence-corrected chi connectivity index (χ1v) is 9.05. The largest absolute Gasteiger partial charge is 0.456 e. The van der Waals surface area contributed by atoms with Gasteiger partial charge in [-0.2, -0.15) is 0 Å². The lowest BCUT2D eigenvalue weighted by Crippen LogP contribution is -2.21. The highest BCUT2D eigenvalue weighted by Crippen LogP contribution is 2.21. The number of aryl methyl sites for hydroxylation is 1. The Morgan fingerprint density at radius 2 is 1.65 bits per heavy atom. The van der Waals surface area contributed by atoms with Crippen molar-refractivity contribution in [2.45, 2.75) is 25.7 Å².